The maximum Gasteiger partial charge on any atom is 0.255 e. The van der Waals surface area contributed by atoms with Gasteiger partial charge in [-0.3, -0.25) is 19.7 Å². The first-order valence-electron chi connectivity index (χ1n) is 11.6. The number of fused-ring (bicyclic) bond motifs is 1. The summed E-state index contributed by atoms with van der Waals surface area (Å²) in [5.41, 5.74) is 8.97. The molecule has 1 aliphatic carbocycles. The highest BCUT2D eigenvalue weighted by molar-refractivity contribution is 6.06. The summed E-state index contributed by atoms with van der Waals surface area (Å²) in [4.78, 5) is 41.3. The maximum absolute atomic E-state index is 13.2. The van der Waals surface area contributed by atoms with Crippen molar-refractivity contribution in [1.82, 2.24) is 10.2 Å². The van der Waals surface area contributed by atoms with E-state index in [1.165, 1.54) is 0 Å². The number of nitrogens with one attached hydrogen (secondary N) is 1. The minimum absolute atomic E-state index is 0.110. The Balaban J connectivity index is 1.62. The molecule has 2 fully saturated rings. The van der Waals surface area contributed by atoms with E-state index in [-0.39, 0.29) is 30.2 Å². The highest BCUT2D eigenvalue weighted by Gasteiger charge is 2.40. The number of hydrogen-bond donors (Lipinski definition) is 2. The maximum atomic E-state index is 13.2. The van der Waals surface area contributed by atoms with E-state index in [2.05, 4.69) is 30.1 Å². The predicted octanol–water partition coefficient (Wildman–Crippen LogP) is 2.57. The smallest absolute Gasteiger partial charge is 0.255 e. The molecule has 1 aromatic rings. The number of nitrogens with zero attached hydrogens (tertiary/aromatic N) is 2. The minimum atomic E-state index is -0.581. The van der Waals surface area contributed by atoms with Crippen LogP contribution in [0.5, 0.6) is 0 Å². The number of benzene rings is 1. The second kappa shape index (κ2) is 8.99. The highest BCUT2D eigenvalue weighted by Crippen LogP contribution is 2.37. The van der Waals surface area contributed by atoms with Crippen LogP contribution in [0.3, 0.4) is 0 Å². The van der Waals surface area contributed by atoms with Crippen molar-refractivity contribution >= 4 is 23.4 Å². The zero-order chi connectivity index (χ0) is 22.1. The van der Waals surface area contributed by atoms with E-state index < -0.39 is 6.04 Å². The summed E-state index contributed by atoms with van der Waals surface area (Å²) in [6, 6.07) is 6.07. The van der Waals surface area contributed by atoms with Crippen LogP contribution >= 0.6 is 0 Å². The van der Waals surface area contributed by atoms with Crippen LogP contribution in [0.25, 0.3) is 0 Å². The first kappa shape index (κ1) is 21.8. The van der Waals surface area contributed by atoms with Gasteiger partial charge in [0.15, 0.2) is 0 Å². The molecule has 1 aromatic carbocycles. The van der Waals surface area contributed by atoms with Crippen LogP contribution in [-0.2, 0) is 16.1 Å². The van der Waals surface area contributed by atoms with Gasteiger partial charge in [-0.05, 0) is 56.6 Å². The number of amides is 3. The number of rotatable bonds is 6. The number of imide groups is 1. The van der Waals surface area contributed by atoms with Crippen molar-refractivity contribution < 1.29 is 14.4 Å². The molecular weight excluding hydrogens is 392 g/mol. The molecule has 2 aliphatic heterocycles. The molecule has 2 heterocycles. The van der Waals surface area contributed by atoms with Gasteiger partial charge in [-0.15, -0.1) is 0 Å². The molecule has 3 amide bonds. The van der Waals surface area contributed by atoms with Gasteiger partial charge in [-0.25, -0.2) is 0 Å². The van der Waals surface area contributed by atoms with Crippen LogP contribution in [-0.4, -0.2) is 47.3 Å². The van der Waals surface area contributed by atoms with Gasteiger partial charge in [0.1, 0.15) is 6.04 Å². The van der Waals surface area contributed by atoms with Crippen molar-refractivity contribution in [1.29, 1.82) is 0 Å². The number of carbonyl (C=O) groups excluding carboxylic acids is 3. The fourth-order valence-electron chi connectivity index (χ4n) is 5.15. The monoisotopic (exact) mass is 426 g/mol. The zero-order valence-electron chi connectivity index (χ0n) is 18.6. The van der Waals surface area contributed by atoms with Crippen molar-refractivity contribution in [3.63, 3.8) is 0 Å². The highest BCUT2D eigenvalue weighted by atomic mass is 16.2. The van der Waals surface area contributed by atoms with Crippen LogP contribution in [0.15, 0.2) is 18.2 Å². The van der Waals surface area contributed by atoms with Gasteiger partial charge in [0.2, 0.25) is 11.8 Å². The molecule has 4 rings (SSSR count). The standard InChI is InChI=1S/C24H34N4O3/c1-15(2)12-13-27(17-8-6-16(25)7-9-17)20-5-3-4-18-19(20)14-28(24(18)31)21-10-11-22(29)26-23(21)30/h3-5,15-17,21H,6-14,25H2,1-2H3,(H,26,29,30). The lowest BCUT2D eigenvalue weighted by atomic mass is 9.89. The van der Waals surface area contributed by atoms with E-state index in [0.29, 0.717) is 30.5 Å². The second-order valence-corrected chi connectivity index (χ2v) is 9.65. The summed E-state index contributed by atoms with van der Waals surface area (Å²) in [7, 11) is 0. The Hall–Kier alpha value is -2.41. The number of nitrogens with two attached hydrogens (primary N) is 1. The molecule has 1 atom stereocenters. The van der Waals surface area contributed by atoms with Crippen molar-refractivity contribution in [3.8, 4) is 0 Å². The zero-order valence-corrected chi connectivity index (χ0v) is 18.6. The lowest BCUT2D eigenvalue weighted by Gasteiger charge is -2.39. The molecular formula is C24H34N4O3. The largest absolute Gasteiger partial charge is 0.368 e. The molecule has 0 aromatic heterocycles. The van der Waals surface area contributed by atoms with Gasteiger partial charge in [-0.2, -0.15) is 0 Å². The molecule has 7 nitrogen and oxygen atoms in total. The molecule has 1 saturated heterocycles. The SMILES string of the molecule is CC(C)CCN(c1cccc2c1CN(C1CCC(=O)NC1=O)C2=O)C1CCC(N)CC1. The summed E-state index contributed by atoms with van der Waals surface area (Å²) in [5, 5.41) is 2.39. The Kier molecular flexibility index (Phi) is 6.32. The van der Waals surface area contributed by atoms with E-state index in [4.69, 9.17) is 5.73 Å². The fraction of sp³-hybridized carbons (Fsp3) is 0.625. The molecule has 0 spiro atoms. The van der Waals surface area contributed by atoms with Gasteiger partial charge in [0, 0.05) is 48.4 Å². The second-order valence-electron chi connectivity index (χ2n) is 9.65. The van der Waals surface area contributed by atoms with Gasteiger partial charge in [0.25, 0.3) is 5.91 Å². The quantitative estimate of drug-likeness (QED) is 0.682. The summed E-state index contributed by atoms with van der Waals surface area (Å²) < 4.78 is 0. The summed E-state index contributed by atoms with van der Waals surface area (Å²) in [5.74, 6) is -0.147. The van der Waals surface area contributed by atoms with Crippen LogP contribution < -0.4 is 16.0 Å². The third kappa shape index (κ3) is 4.47. The molecule has 7 heteroatoms. The predicted molar refractivity (Wildman–Crippen MR) is 120 cm³/mol. The third-order valence-electron chi connectivity index (χ3n) is 7.00. The van der Waals surface area contributed by atoms with Crippen molar-refractivity contribution in [2.24, 2.45) is 11.7 Å². The number of piperidine rings is 1. The lowest BCUT2D eigenvalue weighted by molar-refractivity contribution is -0.136. The Morgan fingerprint density at radius 1 is 1.13 bits per heavy atom. The molecule has 31 heavy (non-hydrogen) atoms. The topological polar surface area (TPSA) is 95.7 Å². The van der Waals surface area contributed by atoms with Gasteiger partial charge in [0.05, 0.1) is 0 Å². The number of carbonyl (C=O) groups is 3. The minimum Gasteiger partial charge on any atom is -0.368 e. The number of anilines is 1. The Labute approximate surface area is 184 Å². The summed E-state index contributed by atoms with van der Waals surface area (Å²) in [6.07, 6.45) is 5.92. The molecule has 0 bridgehead atoms. The van der Waals surface area contributed by atoms with Crippen molar-refractivity contribution in [3.05, 3.63) is 29.3 Å². The first-order chi connectivity index (χ1) is 14.8. The van der Waals surface area contributed by atoms with Crippen LogP contribution in [0.4, 0.5) is 5.69 Å². The summed E-state index contributed by atoms with van der Waals surface area (Å²) in [6.45, 7) is 5.83. The first-order valence-corrected chi connectivity index (χ1v) is 11.6. The van der Waals surface area contributed by atoms with Gasteiger partial charge < -0.3 is 15.5 Å². The Morgan fingerprint density at radius 2 is 1.87 bits per heavy atom. The van der Waals surface area contributed by atoms with Crippen molar-refractivity contribution in [2.75, 3.05) is 11.4 Å². The van der Waals surface area contributed by atoms with Crippen LogP contribution in [0.2, 0.25) is 0 Å². The number of hydrogen-bond acceptors (Lipinski definition) is 5. The van der Waals surface area contributed by atoms with Crippen LogP contribution in [0.1, 0.15) is 74.7 Å². The van der Waals surface area contributed by atoms with E-state index in [9.17, 15) is 14.4 Å². The Morgan fingerprint density at radius 3 is 2.55 bits per heavy atom. The average molecular weight is 427 g/mol. The fourth-order valence-corrected chi connectivity index (χ4v) is 5.15. The van der Waals surface area contributed by atoms with E-state index in [1.54, 1.807) is 4.90 Å². The average Bonchev–Trinajstić information content (AvgIpc) is 3.06. The van der Waals surface area contributed by atoms with Gasteiger partial charge in [-0.1, -0.05) is 19.9 Å². The molecule has 3 N–H and O–H groups in total. The molecule has 0 radical (unpaired) electrons. The molecule has 168 valence electrons. The van der Waals surface area contributed by atoms with Crippen molar-refractivity contribution in [2.45, 2.75) is 83.5 Å². The summed E-state index contributed by atoms with van der Waals surface area (Å²) >= 11 is 0. The lowest BCUT2D eigenvalue weighted by Crippen LogP contribution is -2.52. The molecule has 1 unspecified atom stereocenters. The normalized spacial score (nSPS) is 26.3. The Bertz CT molecular complexity index is 860. The molecule has 3 aliphatic rings. The third-order valence-corrected chi connectivity index (χ3v) is 7.00. The van der Waals surface area contributed by atoms with Gasteiger partial charge >= 0.3 is 0 Å². The van der Waals surface area contributed by atoms with E-state index >= 15 is 0 Å². The van der Waals surface area contributed by atoms with E-state index in [0.717, 1.165) is 49.9 Å². The molecule has 1 saturated carbocycles. The van der Waals surface area contributed by atoms with E-state index in [1.807, 2.05) is 12.1 Å². The van der Waals surface area contributed by atoms with Crippen LogP contribution in [0, 0.1) is 5.92 Å².